The number of hydrogen-bond donors (Lipinski definition) is 2. The van der Waals surface area contributed by atoms with Crippen LogP contribution in [0, 0.1) is 23.3 Å². The minimum absolute atomic E-state index is 0.0431. The van der Waals surface area contributed by atoms with Crippen LogP contribution in [0.5, 0.6) is 0 Å². The van der Waals surface area contributed by atoms with Crippen molar-refractivity contribution in [3.63, 3.8) is 0 Å². The molecule has 19 heavy (non-hydrogen) atoms. The van der Waals surface area contributed by atoms with Gasteiger partial charge in [0.05, 0.1) is 0 Å². The molecule has 0 bridgehead atoms. The Morgan fingerprint density at radius 1 is 1.26 bits per heavy atom. The second-order valence-electron chi connectivity index (χ2n) is 4.26. The Kier molecular flexibility index (Phi) is 5.29. The van der Waals surface area contributed by atoms with Crippen molar-refractivity contribution in [3.05, 3.63) is 29.3 Å². The fourth-order valence-corrected chi connectivity index (χ4v) is 1.47. The lowest BCUT2D eigenvalue weighted by molar-refractivity contribution is -0.116. The van der Waals surface area contributed by atoms with Gasteiger partial charge in [0, 0.05) is 18.5 Å². The van der Waals surface area contributed by atoms with Crippen molar-refractivity contribution in [2.75, 3.05) is 5.32 Å². The maximum Gasteiger partial charge on any atom is 0.224 e. The third-order valence-electron chi connectivity index (χ3n) is 2.44. The topological polar surface area (TPSA) is 55.1 Å². The van der Waals surface area contributed by atoms with E-state index in [0.717, 1.165) is 0 Å². The summed E-state index contributed by atoms with van der Waals surface area (Å²) < 4.78 is 52.2. The number of hydrogen-bond acceptors (Lipinski definition) is 2. The van der Waals surface area contributed by atoms with Gasteiger partial charge in [0.2, 0.25) is 5.91 Å². The largest absolute Gasteiger partial charge is 0.328 e. The molecule has 0 aromatic heterocycles. The first-order valence-corrected chi connectivity index (χ1v) is 5.71. The fraction of sp³-hybridized carbons (Fsp3) is 0.417. The Morgan fingerprint density at radius 2 is 1.79 bits per heavy atom. The molecule has 1 aromatic carbocycles. The van der Waals surface area contributed by atoms with Gasteiger partial charge in [-0.3, -0.25) is 4.79 Å². The predicted molar refractivity (Wildman–Crippen MR) is 62.4 cm³/mol. The maximum absolute atomic E-state index is 13.2. The van der Waals surface area contributed by atoms with Crippen LogP contribution in [0.1, 0.15) is 26.2 Å². The van der Waals surface area contributed by atoms with Gasteiger partial charge in [0.1, 0.15) is 5.69 Å². The zero-order valence-corrected chi connectivity index (χ0v) is 10.3. The van der Waals surface area contributed by atoms with E-state index in [0.29, 0.717) is 12.8 Å². The number of benzene rings is 1. The van der Waals surface area contributed by atoms with E-state index in [9.17, 15) is 22.4 Å². The lowest BCUT2D eigenvalue weighted by Gasteiger charge is -2.09. The highest BCUT2D eigenvalue weighted by molar-refractivity contribution is 5.90. The van der Waals surface area contributed by atoms with Gasteiger partial charge in [-0.05, 0) is 19.8 Å². The fourth-order valence-electron chi connectivity index (χ4n) is 1.47. The van der Waals surface area contributed by atoms with E-state index in [1.54, 1.807) is 6.92 Å². The molecule has 1 atom stereocenters. The van der Waals surface area contributed by atoms with Gasteiger partial charge in [-0.2, -0.15) is 0 Å². The van der Waals surface area contributed by atoms with Gasteiger partial charge in [0.15, 0.2) is 23.3 Å². The van der Waals surface area contributed by atoms with Gasteiger partial charge in [0.25, 0.3) is 0 Å². The lowest BCUT2D eigenvalue weighted by Crippen LogP contribution is -2.18. The number of rotatable bonds is 5. The summed E-state index contributed by atoms with van der Waals surface area (Å²) in [5, 5.41) is 1.82. The van der Waals surface area contributed by atoms with Crippen molar-refractivity contribution >= 4 is 11.6 Å². The minimum atomic E-state index is -1.63. The normalized spacial score (nSPS) is 12.3. The molecule has 0 spiro atoms. The summed E-state index contributed by atoms with van der Waals surface area (Å²) in [5.74, 6) is -7.11. The van der Waals surface area contributed by atoms with Gasteiger partial charge >= 0.3 is 0 Å². The Hall–Kier alpha value is -1.63. The molecule has 106 valence electrons. The molecular formula is C12H14F4N2O. The van der Waals surface area contributed by atoms with Crippen LogP contribution in [-0.2, 0) is 4.79 Å². The number of nitrogens with one attached hydrogen (secondary N) is 1. The first-order valence-electron chi connectivity index (χ1n) is 5.71. The average Bonchev–Trinajstić information content (AvgIpc) is 2.32. The molecule has 3 N–H and O–H groups in total. The van der Waals surface area contributed by atoms with Gasteiger partial charge in [-0.1, -0.05) is 0 Å². The summed E-state index contributed by atoms with van der Waals surface area (Å²) in [7, 11) is 0. The zero-order valence-electron chi connectivity index (χ0n) is 10.3. The van der Waals surface area contributed by atoms with Crippen molar-refractivity contribution in [1.29, 1.82) is 0 Å². The molecular weight excluding hydrogens is 264 g/mol. The lowest BCUT2D eigenvalue weighted by atomic mass is 10.1. The molecule has 0 aliphatic rings. The standard InChI is InChI=1S/C12H14F4N2O/c1-6(17)3-2-4-9(19)18-12-10(15)7(13)5-8(14)11(12)16/h5-6H,2-4,17H2,1H3,(H,18,19). The summed E-state index contributed by atoms with van der Waals surface area (Å²) in [6, 6.07) is -0.0240. The highest BCUT2D eigenvalue weighted by Gasteiger charge is 2.20. The number of carbonyl (C=O) groups is 1. The molecule has 7 heteroatoms. The third kappa shape index (κ3) is 4.20. The minimum Gasteiger partial charge on any atom is -0.328 e. The van der Waals surface area contributed by atoms with E-state index in [2.05, 4.69) is 0 Å². The van der Waals surface area contributed by atoms with E-state index in [1.165, 1.54) is 0 Å². The molecule has 0 radical (unpaired) electrons. The summed E-state index contributed by atoms with van der Waals surface area (Å²) in [5.41, 5.74) is 4.36. The number of halogens is 4. The Balaban J connectivity index is 2.74. The van der Waals surface area contributed by atoms with E-state index in [4.69, 9.17) is 5.73 Å². The summed E-state index contributed by atoms with van der Waals surface area (Å²) in [6.45, 7) is 1.75. The van der Waals surface area contributed by atoms with Gasteiger partial charge in [-0.15, -0.1) is 0 Å². The Bertz CT molecular complexity index is 451. The third-order valence-corrected chi connectivity index (χ3v) is 2.44. The van der Waals surface area contributed by atoms with Crippen molar-refractivity contribution in [1.82, 2.24) is 0 Å². The summed E-state index contributed by atoms with van der Waals surface area (Å²) >= 11 is 0. The number of amides is 1. The second kappa shape index (κ2) is 6.51. The highest BCUT2D eigenvalue weighted by atomic mass is 19.2. The molecule has 1 amide bonds. The molecule has 0 fully saturated rings. The first kappa shape index (κ1) is 15.4. The molecule has 0 saturated carbocycles. The predicted octanol–water partition coefficient (Wildman–Crippen LogP) is 2.70. The van der Waals surface area contributed by atoms with Gasteiger partial charge < -0.3 is 11.1 Å². The molecule has 1 unspecified atom stereocenters. The van der Waals surface area contributed by atoms with E-state index in [-0.39, 0.29) is 18.5 Å². The van der Waals surface area contributed by atoms with Crippen LogP contribution < -0.4 is 11.1 Å². The molecule has 0 heterocycles. The number of nitrogens with two attached hydrogens (primary N) is 1. The number of carbonyl (C=O) groups excluding carboxylic acids is 1. The summed E-state index contributed by atoms with van der Waals surface area (Å²) in [6.07, 6.45) is 0.916. The monoisotopic (exact) mass is 278 g/mol. The maximum atomic E-state index is 13.2. The first-order chi connectivity index (χ1) is 8.82. The van der Waals surface area contributed by atoms with E-state index >= 15 is 0 Å². The van der Waals surface area contributed by atoms with Crippen LogP contribution in [0.4, 0.5) is 23.2 Å². The van der Waals surface area contributed by atoms with Crippen LogP contribution in [0.2, 0.25) is 0 Å². The molecule has 3 nitrogen and oxygen atoms in total. The second-order valence-corrected chi connectivity index (χ2v) is 4.26. The average molecular weight is 278 g/mol. The van der Waals surface area contributed by atoms with E-state index in [1.807, 2.05) is 5.32 Å². The SMILES string of the molecule is CC(N)CCCC(=O)Nc1c(F)c(F)cc(F)c1F. The zero-order chi connectivity index (χ0) is 14.6. The molecule has 1 aromatic rings. The van der Waals surface area contributed by atoms with E-state index < -0.39 is 34.9 Å². The van der Waals surface area contributed by atoms with Crippen molar-refractivity contribution in [3.8, 4) is 0 Å². The van der Waals surface area contributed by atoms with Crippen molar-refractivity contribution < 1.29 is 22.4 Å². The van der Waals surface area contributed by atoms with Crippen molar-refractivity contribution in [2.45, 2.75) is 32.2 Å². The Labute approximate surface area is 107 Å². The van der Waals surface area contributed by atoms with Crippen molar-refractivity contribution in [2.24, 2.45) is 5.73 Å². The molecule has 0 aliphatic heterocycles. The Morgan fingerprint density at radius 3 is 2.26 bits per heavy atom. The van der Waals surface area contributed by atoms with Crippen LogP contribution in [-0.4, -0.2) is 11.9 Å². The quantitative estimate of drug-likeness (QED) is 0.642. The number of anilines is 1. The van der Waals surface area contributed by atoms with Gasteiger partial charge in [-0.25, -0.2) is 17.6 Å². The van der Waals surface area contributed by atoms with Crippen LogP contribution in [0.15, 0.2) is 6.07 Å². The van der Waals surface area contributed by atoms with Crippen LogP contribution in [0.25, 0.3) is 0 Å². The summed E-state index contributed by atoms with van der Waals surface area (Å²) in [4.78, 5) is 11.4. The smallest absolute Gasteiger partial charge is 0.224 e. The van der Waals surface area contributed by atoms with Crippen LogP contribution in [0.3, 0.4) is 0 Å². The molecule has 1 rings (SSSR count). The molecule has 0 saturated heterocycles. The molecule has 0 aliphatic carbocycles. The van der Waals surface area contributed by atoms with Crippen LogP contribution >= 0.6 is 0 Å². The highest BCUT2D eigenvalue weighted by Crippen LogP contribution is 2.24.